The van der Waals surface area contributed by atoms with Crippen molar-refractivity contribution < 1.29 is 9.53 Å². The molecule has 1 aliphatic carbocycles. The summed E-state index contributed by atoms with van der Waals surface area (Å²) < 4.78 is 4.64. The largest absolute Gasteiger partial charge is 0.465 e. The number of aromatic nitrogens is 1. The zero-order valence-corrected chi connectivity index (χ0v) is 10.9. The molecule has 4 nitrogen and oxygen atoms in total. The second-order valence-electron chi connectivity index (χ2n) is 4.39. The van der Waals surface area contributed by atoms with E-state index in [0.29, 0.717) is 4.88 Å². The van der Waals surface area contributed by atoms with Crippen molar-refractivity contribution >= 4 is 22.4 Å². The average Bonchev–Trinajstić information content (AvgIpc) is 2.99. The van der Waals surface area contributed by atoms with Gasteiger partial charge in [0.2, 0.25) is 0 Å². The van der Waals surface area contributed by atoms with Crippen molar-refractivity contribution in [1.29, 1.82) is 0 Å². The smallest absolute Gasteiger partial charge is 0.349 e. The Morgan fingerprint density at radius 3 is 3.06 bits per heavy atom. The minimum Gasteiger partial charge on any atom is -0.465 e. The van der Waals surface area contributed by atoms with Crippen LogP contribution in [0.2, 0.25) is 0 Å². The van der Waals surface area contributed by atoms with Gasteiger partial charge >= 0.3 is 5.97 Å². The molecule has 0 saturated heterocycles. The Labute approximate surface area is 105 Å². The highest BCUT2D eigenvalue weighted by molar-refractivity contribution is 7.17. The van der Waals surface area contributed by atoms with Gasteiger partial charge in [-0.2, -0.15) is 0 Å². The van der Waals surface area contributed by atoms with Crippen molar-refractivity contribution in [2.75, 3.05) is 19.0 Å². The second-order valence-corrected chi connectivity index (χ2v) is 5.42. The zero-order valence-electron chi connectivity index (χ0n) is 10.1. The number of thiazole rings is 1. The third-order valence-corrected chi connectivity index (χ3v) is 4.13. The minimum absolute atomic E-state index is 0.314. The van der Waals surface area contributed by atoms with E-state index < -0.39 is 0 Å². The van der Waals surface area contributed by atoms with Gasteiger partial charge < -0.3 is 10.1 Å². The molecule has 1 aliphatic rings. The van der Waals surface area contributed by atoms with Crippen molar-refractivity contribution in [3.05, 3.63) is 11.1 Å². The Balaban J connectivity index is 1.74. The Kier molecular flexibility index (Phi) is 4.36. The van der Waals surface area contributed by atoms with Crippen LogP contribution in [-0.4, -0.2) is 24.6 Å². The summed E-state index contributed by atoms with van der Waals surface area (Å²) in [6, 6.07) is 0. The molecule has 0 aromatic carbocycles. The van der Waals surface area contributed by atoms with Gasteiger partial charge in [-0.05, 0) is 12.3 Å². The maximum absolute atomic E-state index is 11.2. The number of methoxy groups -OCH3 is 1. The van der Waals surface area contributed by atoms with E-state index in [9.17, 15) is 4.79 Å². The Morgan fingerprint density at radius 2 is 2.35 bits per heavy atom. The van der Waals surface area contributed by atoms with Crippen LogP contribution in [0.5, 0.6) is 0 Å². The Morgan fingerprint density at radius 1 is 1.59 bits per heavy atom. The summed E-state index contributed by atoms with van der Waals surface area (Å²) in [5.41, 5.74) is 0. The fourth-order valence-corrected chi connectivity index (χ4v) is 2.99. The van der Waals surface area contributed by atoms with E-state index in [1.807, 2.05) is 0 Å². The number of anilines is 1. The number of hydrogen-bond donors (Lipinski definition) is 1. The number of esters is 1. The molecule has 1 aromatic heterocycles. The van der Waals surface area contributed by atoms with Crippen molar-refractivity contribution in [3.63, 3.8) is 0 Å². The molecule has 1 fully saturated rings. The Bertz CT molecular complexity index is 372. The highest BCUT2D eigenvalue weighted by Gasteiger charge is 2.15. The summed E-state index contributed by atoms with van der Waals surface area (Å²) in [6.07, 6.45) is 8.27. The van der Waals surface area contributed by atoms with Crippen LogP contribution in [0.1, 0.15) is 41.8 Å². The lowest BCUT2D eigenvalue weighted by Gasteiger charge is -2.08. The highest BCUT2D eigenvalue weighted by atomic mass is 32.1. The van der Waals surface area contributed by atoms with Gasteiger partial charge in [0.15, 0.2) is 5.13 Å². The summed E-state index contributed by atoms with van der Waals surface area (Å²) in [4.78, 5) is 15.9. The summed E-state index contributed by atoms with van der Waals surface area (Å²) in [7, 11) is 1.38. The summed E-state index contributed by atoms with van der Waals surface area (Å²) in [6.45, 7) is 0.943. The van der Waals surface area contributed by atoms with Gasteiger partial charge in [-0.1, -0.05) is 37.0 Å². The summed E-state index contributed by atoms with van der Waals surface area (Å²) in [5, 5.41) is 4.08. The number of rotatable bonds is 5. The third-order valence-electron chi connectivity index (χ3n) is 3.20. The fourth-order valence-electron chi connectivity index (χ4n) is 2.23. The topological polar surface area (TPSA) is 51.2 Å². The predicted molar refractivity (Wildman–Crippen MR) is 68.5 cm³/mol. The molecule has 0 amide bonds. The van der Waals surface area contributed by atoms with E-state index in [1.165, 1.54) is 50.6 Å². The predicted octanol–water partition coefficient (Wildman–Crippen LogP) is 2.92. The van der Waals surface area contributed by atoms with Crippen LogP contribution in [0, 0.1) is 5.92 Å². The molecule has 94 valence electrons. The fraction of sp³-hybridized carbons (Fsp3) is 0.667. The standard InChI is InChI=1S/C12H18N2O2S/c1-16-11(15)10-8-14-12(17-10)13-7-6-9-4-2-3-5-9/h8-9H,2-7H2,1H3,(H,13,14). The molecule has 1 aromatic rings. The quantitative estimate of drug-likeness (QED) is 0.821. The van der Waals surface area contributed by atoms with E-state index in [2.05, 4.69) is 15.0 Å². The van der Waals surface area contributed by atoms with Gasteiger partial charge in [0.05, 0.1) is 13.3 Å². The molecule has 1 saturated carbocycles. The third kappa shape index (κ3) is 3.43. The molecule has 0 unspecified atom stereocenters. The lowest BCUT2D eigenvalue weighted by Crippen LogP contribution is -2.06. The molecule has 1 heterocycles. The van der Waals surface area contributed by atoms with E-state index >= 15 is 0 Å². The van der Waals surface area contributed by atoms with Crippen LogP contribution >= 0.6 is 11.3 Å². The van der Waals surface area contributed by atoms with E-state index in [4.69, 9.17) is 0 Å². The first-order chi connectivity index (χ1) is 8.29. The van der Waals surface area contributed by atoms with Crippen LogP contribution in [0.25, 0.3) is 0 Å². The number of nitrogens with one attached hydrogen (secondary N) is 1. The van der Waals surface area contributed by atoms with Gasteiger partial charge in [-0.3, -0.25) is 0 Å². The SMILES string of the molecule is COC(=O)c1cnc(NCCC2CCCC2)s1. The van der Waals surface area contributed by atoms with Crippen molar-refractivity contribution in [2.24, 2.45) is 5.92 Å². The van der Waals surface area contributed by atoms with E-state index in [0.717, 1.165) is 17.6 Å². The lowest BCUT2D eigenvalue weighted by atomic mass is 10.0. The molecular weight excluding hydrogens is 236 g/mol. The second kappa shape index (κ2) is 6.00. The maximum atomic E-state index is 11.2. The number of hydrogen-bond acceptors (Lipinski definition) is 5. The summed E-state index contributed by atoms with van der Waals surface area (Å²) in [5.74, 6) is 0.564. The molecule has 5 heteroatoms. The molecule has 1 N–H and O–H groups in total. The Hall–Kier alpha value is -1.10. The van der Waals surface area contributed by atoms with Gasteiger partial charge in [0, 0.05) is 6.54 Å². The van der Waals surface area contributed by atoms with Crippen LogP contribution < -0.4 is 5.32 Å². The minimum atomic E-state index is -0.314. The lowest BCUT2D eigenvalue weighted by molar-refractivity contribution is 0.0606. The van der Waals surface area contributed by atoms with Crippen LogP contribution in [0.15, 0.2) is 6.20 Å². The van der Waals surface area contributed by atoms with Gasteiger partial charge in [-0.25, -0.2) is 9.78 Å². The van der Waals surface area contributed by atoms with Gasteiger partial charge in [0.25, 0.3) is 0 Å². The molecular formula is C12H18N2O2S. The average molecular weight is 254 g/mol. The van der Waals surface area contributed by atoms with Crippen molar-refractivity contribution in [1.82, 2.24) is 4.98 Å². The number of nitrogens with zero attached hydrogens (tertiary/aromatic N) is 1. The van der Waals surface area contributed by atoms with Crippen LogP contribution in [0.4, 0.5) is 5.13 Å². The summed E-state index contributed by atoms with van der Waals surface area (Å²) >= 11 is 1.35. The first-order valence-corrected chi connectivity index (χ1v) is 6.89. The van der Waals surface area contributed by atoms with Gasteiger partial charge in [0.1, 0.15) is 4.88 Å². The normalized spacial score (nSPS) is 16.1. The molecule has 0 atom stereocenters. The zero-order chi connectivity index (χ0) is 12.1. The molecule has 2 rings (SSSR count). The molecule has 0 radical (unpaired) electrons. The first kappa shape index (κ1) is 12.4. The van der Waals surface area contributed by atoms with Crippen LogP contribution in [-0.2, 0) is 4.74 Å². The van der Waals surface area contributed by atoms with Gasteiger partial charge in [-0.15, -0.1) is 0 Å². The van der Waals surface area contributed by atoms with E-state index in [1.54, 1.807) is 6.20 Å². The number of carbonyl (C=O) groups is 1. The van der Waals surface area contributed by atoms with Crippen molar-refractivity contribution in [2.45, 2.75) is 32.1 Å². The number of carbonyl (C=O) groups excluding carboxylic acids is 1. The molecule has 0 spiro atoms. The molecule has 0 aliphatic heterocycles. The monoisotopic (exact) mass is 254 g/mol. The van der Waals surface area contributed by atoms with Crippen molar-refractivity contribution in [3.8, 4) is 0 Å². The first-order valence-electron chi connectivity index (χ1n) is 6.07. The van der Waals surface area contributed by atoms with E-state index in [-0.39, 0.29) is 5.97 Å². The number of ether oxygens (including phenoxy) is 1. The highest BCUT2D eigenvalue weighted by Crippen LogP contribution is 2.27. The molecule has 0 bridgehead atoms. The van der Waals surface area contributed by atoms with Crippen LogP contribution in [0.3, 0.4) is 0 Å². The maximum Gasteiger partial charge on any atom is 0.349 e. The molecule has 17 heavy (non-hydrogen) atoms.